The van der Waals surface area contributed by atoms with Gasteiger partial charge in [-0.25, -0.2) is 9.59 Å². The van der Waals surface area contributed by atoms with Crippen molar-refractivity contribution in [2.75, 3.05) is 11.9 Å². The molecular weight excluding hydrogens is 250 g/mol. The molecule has 104 valence electrons. The van der Waals surface area contributed by atoms with Crippen molar-refractivity contribution in [3.05, 3.63) is 24.3 Å². The molecule has 0 unspecified atom stereocenters. The van der Waals surface area contributed by atoms with Crippen LogP contribution in [0.25, 0.3) is 0 Å². The summed E-state index contributed by atoms with van der Waals surface area (Å²) in [6.45, 7) is 4.92. The second kappa shape index (κ2) is 6.08. The third-order valence-electron chi connectivity index (χ3n) is 2.26. The van der Waals surface area contributed by atoms with Crippen LogP contribution in [0.15, 0.2) is 24.3 Å². The first-order valence-corrected chi connectivity index (χ1v) is 5.81. The summed E-state index contributed by atoms with van der Waals surface area (Å²) in [4.78, 5) is 22.1. The van der Waals surface area contributed by atoms with Gasteiger partial charge in [-0.05, 0) is 45.0 Å². The lowest BCUT2D eigenvalue weighted by atomic mass is 10.1. The smallest absolute Gasteiger partial charge is 0.411 e. The van der Waals surface area contributed by atoms with Gasteiger partial charge in [0.05, 0.1) is 6.61 Å². The maximum absolute atomic E-state index is 11.2. The molecule has 0 radical (unpaired) electrons. The predicted octanol–water partition coefficient (Wildman–Crippen LogP) is 2.50. The third-order valence-corrected chi connectivity index (χ3v) is 2.26. The summed E-state index contributed by atoms with van der Waals surface area (Å²) < 4.78 is 10.1. The van der Waals surface area contributed by atoms with Crippen LogP contribution in [-0.2, 0) is 9.53 Å². The topological polar surface area (TPSA) is 84.9 Å². The van der Waals surface area contributed by atoms with Crippen LogP contribution >= 0.6 is 0 Å². The molecule has 0 saturated carbocycles. The molecule has 19 heavy (non-hydrogen) atoms. The SMILES string of the molecule is CCOC(=O)Nc1ccc(OC(C)(C)C(=O)O)cc1. The van der Waals surface area contributed by atoms with Gasteiger partial charge in [-0.2, -0.15) is 0 Å². The molecule has 0 fully saturated rings. The maximum atomic E-state index is 11.2. The standard InChI is InChI=1S/C13H17NO5/c1-4-18-12(17)14-9-5-7-10(8-6-9)19-13(2,3)11(15)16/h5-8H,4H2,1-3H3,(H,14,17)(H,15,16). The van der Waals surface area contributed by atoms with E-state index in [0.29, 0.717) is 18.0 Å². The van der Waals surface area contributed by atoms with Gasteiger partial charge in [-0.3, -0.25) is 5.32 Å². The fraction of sp³-hybridized carbons (Fsp3) is 0.385. The minimum absolute atomic E-state index is 0.291. The van der Waals surface area contributed by atoms with Gasteiger partial charge < -0.3 is 14.6 Å². The van der Waals surface area contributed by atoms with Gasteiger partial charge in [0.15, 0.2) is 5.60 Å². The Labute approximate surface area is 111 Å². The van der Waals surface area contributed by atoms with Gasteiger partial charge in [-0.1, -0.05) is 0 Å². The van der Waals surface area contributed by atoms with E-state index in [9.17, 15) is 9.59 Å². The van der Waals surface area contributed by atoms with Crippen LogP contribution in [0.1, 0.15) is 20.8 Å². The molecule has 0 aliphatic carbocycles. The van der Waals surface area contributed by atoms with Gasteiger partial charge in [0.2, 0.25) is 0 Å². The number of carboxylic acid groups (broad SMARTS) is 1. The van der Waals surface area contributed by atoms with Crippen molar-refractivity contribution in [1.29, 1.82) is 0 Å². The van der Waals surface area contributed by atoms with E-state index in [2.05, 4.69) is 5.32 Å². The summed E-state index contributed by atoms with van der Waals surface area (Å²) in [5, 5.41) is 11.5. The van der Waals surface area contributed by atoms with Gasteiger partial charge in [0.25, 0.3) is 0 Å². The Hall–Kier alpha value is -2.24. The molecule has 1 amide bonds. The minimum atomic E-state index is -1.31. The van der Waals surface area contributed by atoms with Crippen LogP contribution < -0.4 is 10.1 Å². The number of hydrogen-bond acceptors (Lipinski definition) is 4. The zero-order valence-corrected chi connectivity index (χ0v) is 11.1. The fourth-order valence-corrected chi connectivity index (χ4v) is 1.23. The van der Waals surface area contributed by atoms with Crippen LogP contribution in [0.5, 0.6) is 5.75 Å². The molecule has 0 atom stereocenters. The number of benzene rings is 1. The summed E-state index contributed by atoms with van der Waals surface area (Å²) in [6, 6.07) is 6.35. The number of rotatable bonds is 5. The Bertz CT molecular complexity index is 453. The van der Waals surface area contributed by atoms with Crippen molar-refractivity contribution in [3.63, 3.8) is 0 Å². The second-order valence-corrected chi connectivity index (χ2v) is 4.29. The van der Waals surface area contributed by atoms with Crippen molar-refractivity contribution in [3.8, 4) is 5.75 Å². The lowest BCUT2D eigenvalue weighted by Gasteiger charge is -2.21. The molecule has 0 aliphatic rings. The van der Waals surface area contributed by atoms with Crippen LogP contribution in [0.2, 0.25) is 0 Å². The molecule has 0 heterocycles. The van der Waals surface area contributed by atoms with Crippen molar-refractivity contribution in [1.82, 2.24) is 0 Å². The van der Waals surface area contributed by atoms with Crippen molar-refractivity contribution in [2.45, 2.75) is 26.4 Å². The van der Waals surface area contributed by atoms with E-state index >= 15 is 0 Å². The molecule has 0 aromatic heterocycles. The highest BCUT2D eigenvalue weighted by Gasteiger charge is 2.29. The summed E-state index contributed by atoms with van der Waals surface area (Å²) in [7, 11) is 0. The summed E-state index contributed by atoms with van der Waals surface area (Å²) >= 11 is 0. The first-order valence-electron chi connectivity index (χ1n) is 5.81. The number of hydrogen-bond donors (Lipinski definition) is 2. The Morgan fingerprint density at radius 2 is 1.84 bits per heavy atom. The molecule has 6 nitrogen and oxygen atoms in total. The van der Waals surface area contributed by atoms with E-state index in [4.69, 9.17) is 14.6 Å². The number of nitrogens with one attached hydrogen (secondary N) is 1. The van der Waals surface area contributed by atoms with E-state index < -0.39 is 17.7 Å². The number of anilines is 1. The zero-order valence-electron chi connectivity index (χ0n) is 11.1. The molecule has 0 spiro atoms. The lowest BCUT2D eigenvalue weighted by Crippen LogP contribution is -2.37. The maximum Gasteiger partial charge on any atom is 0.411 e. The molecule has 0 aliphatic heterocycles. The molecule has 1 aromatic rings. The first-order chi connectivity index (χ1) is 8.85. The Morgan fingerprint density at radius 1 is 1.26 bits per heavy atom. The second-order valence-electron chi connectivity index (χ2n) is 4.29. The molecule has 0 saturated heterocycles. The number of carboxylic acids is 1. The molecule has 0 bridgehead atoms. The minimum Gasteiger partial charge on any atom is -0.478 e. The van der Waals surface area contributed by atoms with E-state index in [1.165, 1.54) is 13.8 Å². The first kappa shape index (κ1) is 14.8. The molecule has 1 aromatic carbocycles. The highest BCUT2D eigenvalue weighted by Crippen LogP contribution is 2.21. The number of aliphatic carboxylic acids is 1. The normalized spacial score (nSPS) is 10.7. The summed E-state index contributed by atoms with van der Waals surface area (Å²) in [5.41, 5.74) is -0.769. The predicted molar refractivity (Wildman–Crippen MR) is 69.4 cm³/mol. The zero-order chi connectivity index (χ0) is 14.5. The molecule has 6 heteroatoms. The quantitative estimate of drug-likeness (QED) is 0.856. The fourth-order valence-electron chi connectivity index (χ4n) is 1.23. The molecule has 2 N–H and O–H groups in total. The summed E-state index contributed by atoms with van der Waals surface area (Å²) in [5.74, 6) is -0.650. The third kappa shape index (κ3) is 4.50. The Kier molecular flexibility index (Phi) is 4.74. The van der Waals surface area contributed by atoms with Crippen LogP contribution in [-0.4, -0.2) is 29.4 Å². The monoisotopic (exact) mass is 267 g/mol. The Balaban J connectivity index is 2.67. The van der Waals surface area contributed by atoms with Gasteiger partial charge >= 0.3 is 12.1 Å². The average molecular weight is 267 g/mol. The van der Waals surface area contributed by atoms with Crippen LogP contribution in [0.3, 0.4) is 0 Å². The van der Waals surface area contributed by atoms with Gasteiger partial charge in [0.1, 0.15) is 5.75 Å². The largest absolute Gasteiger partial charge is 0.478 e. The van der Waals surface area contributed by atoms with E-state index in [-0.39, 0.29) is 0 Å². The van der Waals surface area contributed by atoms with Crippen molar-refractivity contribution < 1.29 is 24.2 Å². The number of carbonyl (C=O) groups is 2. The van der Waals surface area contributed by atoms with Crippen LogP contribution in [0, 0.1) is 0 Å². The highest BCUT2D eigenvalue weighted by molar-refractivity contribution is 5.84. The van der Waals surface area contributed by atoms with Gasteiger partial charge in [0, 0.05) is 5.69 Å². The Morgan fingerprint density at radius 3 is 2.32 bits per heavy atom. The average Bonchev–Trinajstić information content (AvgIpc) is 2.31. The van der Waals surface area contributed by atoms with Crippen molar-refractivity contribution in [2.24, 2.45) is 0 Å². The van der Waals surface area contributed by atoms with E-state index in [1.807, 2.05) is 0 Å². The van der Waals surface area contributed by atoms with E-state index in [1.54, 1.807) is 31.2 Å². The molecule has 1 rings (SSSR count). The van der Waals surface area contributed by atoms with Gasteiger partial charge in [-0.15, -0.1) is 0 Å². The number of ether oxygens (including phenoxy) is 2. The number of amides is 1. The number of carbonyl (C=O) groups excluding carboxylic acids is 1. The van der Waals surface area contributed by atoms with E-state index in [0.717, 1.165) is 0 Å². The lowest BCUT2D eigenvalue weighted by molar-refractivity contribution is -0.152. The van der Waals surface area contributed by atoms with Crippen molar-refractivity contribution >= 4 is 17.7 Å². The van der Waals surface area contributed by atoms with Crippen LogP contribution in [0.4, 0.5) is 10.5 Å². The highest BCUT2D eigenvalue weighted by atomic mass is 16.5. The summed E-state index contributed by atoms with van der Waals surface area (Å²) in [6.07, 6.45) is -0.540. The molecular formula is C13H17NO5.